The minimum atomic E-state index is -1.16. The molecule has 0 fully saturated rings. The highest BCUT2D eigenvalue weighted by molar-refractivity contribution is 5.89. The summed E-state index contributed by atoms with van der Waals surface area (Å²) in [7, 11) is 0. The van der Waals surface area contributed by atoms with E-state index in [-0.39, 0.29) is 24.1 Å². The molecule has 1 aromatic carbocycles. The summed E-state index contributed by atoms with van der Waals surface area (Å²) in [4.78, 5) is 48.9. The number of hydrogen-bond acceptors (Lipinski definition) is 8. The first-order valence-electron chi connectivity index (χ1n) is 13.2. The molecule has 1 rings (SSSR count). The lowest BCUT2D eigenvalue weighted by Crippen LogP contribution is -2.54. The van der Waals surface area contributed by atoms with Crippen LogP contribution >= 0.6 is 0 Å². The molecule has 0 spiro atoms. The van der Waals surface area contributed by atoms with Gasteiger partial charge in [0.25, 0.3) is 0 Å². The predicted molar refractivity (Wildman–Crippen MR) is 151 cm³/mol. The summed E-state index contributed by atoms with van der Waals surface area (Å²) < 4.78 is 0. The zero-order valence-electron chi connectivity index (χ0n) is 23.3. The van der Waals surface area contributed by atoms with Gasteiger partial charge in [-0.15, -0.1) is 0 Å². The Balaban J connectivity index is 2.81. The third-order valence-electron chi connectivity index (χ3n) is 6.52. The summed E-state index contributed by atoms with van der Waals surface area (Å²) in [6.45, 7) is 10.4. The van der Waals surface area contributed by atoms with E-state index in [4.69, 9.17) is 11.5 Å². The van der Waals surface area contributed by atoms with Crippen LogP contribution in [0.4, 0.5) is 0 Å². The van der Waals surface area contributed by atoms with Crippen LogP contribution in [0.1, 0.15) is 56.5 Å². The molecule has 39 heavy (non-hydrogen) atoms. The van der Waals surface area contributed by atoms with Crippen molar-refractivity contribution in [2.24, 2.45) is 17.4 Å². The number of aliphatic hydroxyl groups is 1. The first kappa shape index (κ1) is 33.3. The maximum atomic E-state index is 13.0. The van der Waals surface area contributed by atoms with Crippen molar-refractivity contribution in [2.45, 2.75) is 71.1 Å². The SMILES string of the molecule is C=C(N)C(CC)NC(=O)C(CO)NC(=O)CN/C(=C/C)C(NC(=O)C(N)Cc1ccc(C=O)cc1)C(C)CC. The van der Waals surface area contributed by atoms with Crippen LogP contribution in [0, 0.1) is 5.92 Å². The van der Waals surface area contributed by atoms with E-state index >= 15 is 0 Å². The number of aliphatic hydroxyl groups excluding tert-OH is 1. The number of carbonyl (C=O) groups is 4. The lowest BCUT2D eigenvalue weighted by atomic mass is 9.95. The second-order valence-electron chi connectivity index (χ2n) is 9.49. The van der Waals surface area contributed by atoms with Gasteiger partial charge in [0.2, 0.25) is 17.7 Å². The van der Waals surface area contributed by atoms with Crippen molar-refractivity contribution in [2.75, 3.05) is 13.2 Å². The van der Waals surface area contributed by atoms with Crippen molar-refractivity contribution in [3.63, 3.8) is 0 Å². The zero-order chi connectivity index (χ0) is 29.5. The molecule has 5 atom stereocenters. The van der Waals surface area contributed by atoms with Crippen molar-refractivity contribution >= 4 is 24.0 Å². The molecule has 0 bridgehead atoms. The number of nitrogens with one attached hydrogen (secondary N) is 4. The van der Waals surface area contributed by atoms with Gasteiger partial charge in [-0.1, -0.05) is 64.1 Å². The molecule has 11 heteroatoms. The van der Waals surface area contributed by atoms with Crippen LogP contribution < -0.4 is 32.7 Å². The van der Waals surface area contributed by atoms with E-state index in [9.17, 15) is 24.3 Å². The third kappa shape index (κ3) is 10.9. The molecule has 5 unspecified atom stereocenters. The fourth-order valence-electron chi connectivity index (χ4n) is 3.84. The highest BCUT2D eigenvalue weighted by Gasteiger charge is 2.26. The topological polar surface area (TPSA) is 189 Å². The minimum absolute atomic E-state index is 0.0149. The van der Waals surface area contributed by atoms with E-state index in [1.54, 1.807) is 37.3 Å². The predicted octanol–water partition coefficient (Wildman–Crippen LogP) is 0.238. The van der Waals surface area contributed by atoms with E-state index in [0.29, 0.717) is 24.1 Å². The van der Waals surface area contributed by atoms with Gasteiger partial charge >= 0.3 is 0 Å². The second kappa shape index (κ2) is 17.0. The molecule has 0 aliphatic carbocycles. The maximum absolute atomic E-state index is 13.0. The molecule has 0 aliphatic heterocycles. The molecule has 0 saturated heterocycles. The van der Waals surface area contributed by atoms with Crippen LogP contribution in [0.15, 0.2) is 48.3 Å². The first-order chi connectivity index (χ1) is 18.5. The fourth-order valence-corrected chi connectivity index (χ4v) is 3.84. The average molecular weight is 545 g/mol. The van der Waals surface area contributed by atoms with Gasteiger partial charge in [0, 0.05) is 17.0 Å². The number of aldehydes is 1. The number of amides is 3. The monoisotopic (exact) mass is 544 g/mol. The molecular weight excluding hydrogens is 500 g/mol. The number of hydrogen-bond donors (Lipinski definition) is 7. The van der Waals surface area contributed by atoms with Crippen LogP contribution in [0.5, 0.6) is 0 Å². The fraction of sp³-hybridized carbons (Fsp3) is 0.500. The molecular formula is C28H44N6O5. The molecule has 1 aromatic rings. The molecule has 216 valence electrons. The normalized spacial score (nSPS) is 15.2. The Labute approximate surface area is 230 Å². The van der Waals surface area contributed by atoms with Crippen LogP contribution in [0.3, 0.4) is 0 Å². The third-order valence-corrected chi connectivity index (χ3v) is 6.52. The lowest BCUT2D eigenvalue weighted by molar-refractivity contribution is -0.129. The van der Waals surface area contributed by atoms with E-state index in [1.165, 1.54) is 0 Å². The lowest BCUT2D eigenvalue weighted by Gasteiger charge is -2.29. The average Bonchev–Trinajstić information content (AvgIpc) is 2.93. The van der Waals surface area contributed by atoms with Crippen molar-refractivity contribution in [1.82, 2.24) is 21.3 Å². The van der Waals surface area contributed by atoms with Crippen molar-refractivity contribution in [3.8, 4) is 0 Å². The summed E-state index contributed by atoms with van der Waals surface area (Å²) in [6.07, 6.45) is 4.07. The Morgan fingerprint density at radius 2 is 1.67 bits per heavy atom. The van der Waals surface area contributed by atoms with Crippen LogP contribution in [-0.4, -0.2) is 66.4 Å². The summed E-state index contributed by atoms with van der Waals surface area (Å²) in [5.74, 6) is -1.43. The Morgan fingerprint density at radius 1 is 1.03 bits per heavy atom. The van der Waals surface area contributed by atoms with Gasteiger partial charge in [-0.2, -0.15) is 0 Å². The van der Waals surface area contributed by atoms with E-state index in [1.807, 2.05) is 20.8 Å². The standard InChI is InChI=1S/C28H44N6O5/c1-6-17(4)26(34-27(38)21(30)13-19-9-11-20(15-35)12-10-19)23(8-3)31-14-25(37)32-24(16-36)28(39)33-22(7-2)18(5)29/h8-12,15,17,21-22,24,26,31,36H,5-7,13-14,16,29-30H2,1-4H3,(H,32,37)(H,33,39)(H,34,38)/b23-8+. The summed E-state index contributed by atoms with van der Waals surface area (Å²) in [6, 6.07) is 3.96. The van der Waals surface area contributed by atoms with Crippen molar-refractivity contribution < 1.29 is 24.3 Å². The molecule has 11 nitrogen and oxygen atoms in total. The van der Waals surface area contributed by atoms with E-state index in [0.717, 1.165) is 18.3 Å². The minimum Gasteiger partial charge on any atom is -0.401 e. The molecule has 0 radical (unpaired) electrons. The van der Waals surface area contributed by atoms with Crippen molar-refractivity contribution in [3.05, 3.63) is 59.4 Å². The number of carbonyl (C=O) groups excluding carboxylic acids is 4. The Morgan fingerprint density at radius 3 is 2.15 bits per heavy atom. The highest BCUT2D eigenvalue weighted by atomic mass is 16.3. The van der Waals surface area contributed by atoms with Gasteiger partial charge in [-0.3, -0.25) is 19.2 Å². The number of rotatable bonds is 17. The molecule has 3 amide bonds. The summed E-state index contributed by atoms with van der Waals surface area (Å²) in [5, 5.41) is 20.8. The van der Waals surface area contributed by atoms with Gasteiger partial charge in [0.15, 0.2) is 0 Å². The van der Waals surface area contributed by atoms with Gasteiger partial charge in [-0.05, 0) is 31.2 Å². The summed E-state index contributed by atoms with van der Waals surface area (Å²) in [5.41, 5.74) is 14.1. The number of nitrogens with two attached hydrogens (primary N) is 2. The molecule has 0 saturated carbocycles. The largest absolute Gasteiger partial charge is 0.401 e. The van der Waals surface area contributed by atoms with Gasteiger partial charge in [-0.25, -0.2) is 0 Å². The smallest absolute Gasteiger partial charge is 0.245 e. The number of benzene rings is 1. The molecule has 0 aromatic heterocycles. The van der Waals surface area contributed by atoms with Crippen LogP contribution in [0.25, 0.3) is 0 Å². The van der Waals surface area contributed by atoms with E-state index in [2.05, 4.69) is 27.8 Å². The Hall–Kier alpha value is -3.70. The van der Waals surface area contributed by atoms with Crippen LogP contribution in [0.2, 0.25) is 0 Å². The maximum Gasteiger partial charge on any atom is 0.245 e. The molecule has 9 N–H and O–H groups in total. The van der Waals surface area contributed by atoms with Gasteiger partial charge in [0.05, 0.1) is 31.3 Å². The van der Waals surface area contributed by atoms with Gasteiger partial charge < -0.3 is 37.8 Å². The Bertz CT molecular complexity index is 1010. The first-order valence-corrected chi connectivity index (χ1v) is 13.2. The van der Waals surface area contributed by atoms with Gasteiger partial charge in [0.1, 0.15) is 12.3 Å². The second-order valence-corrected chi connectivity index (χ2v) is 9.49. The Kier molecular flexibility index (Phi) is 14.5. The quantitative estimate of drug-likeness (QED) is 0.136. The molecule has 0 heterocycles. The highest BCUT2D eigenvalue weighted by Crippen LogP contribution is 2.15. The van der Waals surface area contributed by atoms with Crippen molar-refractivity contribution in [1.29, 1.82) is 0 Å². The van der Waals surface area contributed by atoms with Crippen LogP contribution in [-0.2, 0) is 20.8 Å². The summed E-state index contributed by atoms with van der Waals surface area (Å²) >= 11 is 0. The molecule has 0 aliphatic rings. The number of allylic oxidation sites excluding steroid dienone is 1. The zero-order valence-corrected chi connectivity index (χ0v) is 23.3. The van der Waals surface area contributed by atoms with E-state index < -0.39 is 42.6 Å².